The third-order valence-corrected chi connectivity index (χ3v) is 5.73. The summed E-state index contributed by atoms with van der Waals surface area (Å²) in [7, 11) is 0. The van der Waals surface area contributed by atoms with Crippen LogP contribution in [0.15, 0.2) is 24.3 Å². The van der Waals surface area contributed by atoms with Gasteiger partial charge in [0, 0.05) is 19.1 Å². The van der Waals surface area contributed by atoms with Gasteiger partial charge in [0.2, 0.25) is 11.7 Å². The molecule has 3 N–H and O–H groups in total. The molecule has 3 rings (SSSR count). The second-order valence-electron chi connectivity index (χ2n) is 6.58. The van der Waals surface area contributed by atoms with Crippen molar-refractivity contribution in [2.24, 2.45) is 11.7 Å². The third kappa shape index (κ3) is 4.66. The molecule has 0 saturated carbocycles. The van der Waals surface area contributed by atoms with Crippen LogP contribution >= 0.6 is 11.3 Å². The Balaban J connectivity index is 1.73. The number of hydrogen-bond donors (Lipinski definition) is 2. The number of carbonyl (C=O) groups is 2. The number of thiazole rings is 1. The molecular weight excluding hydrogens is 350 g/mol. The molecule has 1 aliphatic heterocycles. The zero-order valence-corrected chi connectivity index (χ0v) is 15.6. The molecule has 0 spiro atoms. The summed E-state index contributed by atoms with van der Waals surface area (Å²) in [5.41, 5.74) is 6.39. The van der Waals surface area contributed by atoms with Crippen molar-refractivity contribution in [3.63, 3.8) is 0 Å². The van der Waals surface area contributed by atoms with Crippen LogP contribution in [-0.4, -0.2) is 42.5 Å². The first-order chi connectivity index (χ1) is 12.7. The summed E-state index contributed by atoms with van der Waals surface area (Å²) in [5, 5.41) is 3.42. The van der Waals surface area contributed by atoms with Crippen LogP contribution in [0.5, 0.6) is 0 Å². The van der Waals surface area contributed by atoms with Crippen molar-refractivity contribution in [2.75, 3.05) is 19.8 Å². The Kier molecular flexibility index (Phi) is 6.71. The van der Waals surface area contributed by atoms with Gasteiger partial charge < -0.3 is 15.8 Å². The zero-order valence-electron chi connectivity index (χ0n) is 14.8. The summed E-state index contributed by atoms with van der Waals surface area (Å²) >= 11 is 1.38. The average molecular weight is 375 g/mol. The second kappa shape index (κ2) is 9.21. The fraction of sp³-hybridized carbons (Fsp3) is 0.526. The largest absolute Gasteiger partial charge is 0.381 e. The lowest BCUT2D eigenvalue weighted by molar-refractivity contribution is -0.128. The van der Waals surface area contributed by atoms with Gasteiger partial charge in [-0.05, 0) is 50.8 Å². The normalized spacial score (nSPS) is 16.5. The van der Waals surface area contributed by atoms with Gasteiger partial charge in [-0.3, -0.25) is 9.59 Å². The van der Waals surface area contributed by atoms with Crippen LogP contribution in [0.2, 0.25) is 0 Å². The lowest BCUT2D eigenvalue weighted by atomic mass is 9.97. The highest BCUT2D eigenvalue weighted by molar-refractivity contribution is 7.20. The minimum Gasteiger partial charge on any atom is -0.381 e. The predicted octanol–water partition coefficient (Wildman–Crippen LogP) is 2.52. The molecule has 1 fully saturated rings. The minimum atomic E-state index is -0.544. The Hall–Kier alpha value is -1.83. The molecule has 6 nitrogen and oxygen atoms in total. The summed E-state index contributed by atoms with van der Waals surface area (Å²) in [6.45, 7) is 1.78. The highest BCUT2D eigenvalue weighted by Gasteiger charge is 2.28. The molecule has 1 saturated heterocycles. The third-order valence-electron chi connectivity index (χ3n) is 4.68. The quantitative estimate of drug-likeness (QED) is 0.546. The van der Waals surface area contributed by atoms with E-state index >= 15 is 0 Å². The summed E-state index contributed by atoms with van der Waals surface area (Å²) in [5.74, 6) is -0.243. The maximum absolute atomic E-state index is 13.0. The molecule has 0 radical (unpaired) electrons. The van der Waals surface area contributed by atoms with E-state index in [9.17, 15) is 9.59 Å². The molecule has 1 unspecified atom stereocenters. The standard InChI is InChI=1S/C19H25N3O3S/c20-10-4-3-6-15(21-18(24)13-8-11-25-12-9-13)17(23)19-22-14-5-1-2-7-16(14)26-19/h1-2,5,7,13,15H,3-4,6,8-12,20H2,(H,21,24). The number of hydrogen-bond acceptors (Lipinski definition) is 6. The van der Waals surface area contributed by atoms with Gasteiger partial charge in [0.05, 0.1) is 16.3 Å². The lowest BCUT2D eigenvalue weighted by Crippen LogP contribution is -2.44. The molecule has 1 atom stereocenters. The maximum atomic E-state index is 13.0. The number of ether oxygens (including phenoxy) is 1. The topological polar surface area (TPSA) is 94.3 Å². The SMILES string of the molecule is NCCCCC(NC(=O)C1CCOCC1)C(=O)c1nc2ccccc2s1. The fourth-order valence-corrected chi connectivity index (χ4v) is 4.10. The van der Waals surface area contributed by atoms with E-state index in [0.29, 0.717) is 44.0 Å². The van der Waals surface area contributed by atoms with Crippen LogP contribution < -0.4 is 11.1 Å². The van der Waals surface area contributed by atoms with Crippen molar-refractivity contribution in [3.8, 4) is 0 Å². The molecule has 1 aliphatic rings. The first-order valence-electron chi connectivity index (χ1n) is 9.17. The molecular formula is C19H25N3O3S. The van der Waals surface area contributed by atoms with Crippen LogP contribution in [0.4, 0.5) is 0 Å². The molecule has 1 amide bonds. The number of rotatable bonds is 8. The van der Waals surface area contributed by atoms with Crippen molar-refractivity contribution in [3.05, 3.63) is 29.3 Å². The van der Waals surface area contributed by atoms with Gasteiger partial charge >= 0.3 is 0 Å². The summed E-state index contributed by atoms with van der Waals surface area (Å²) in [4.78, 5) is 30.0. The lowest BCUT2D eigenvalue weighted by Gasteiger charge is -2.24. The van der Waals surface area contributed by atoms with E-state index < -0.39 is 6.04 Å². The molecule has 0 aliphatic carbocycles. The van der Waals surface area contributed by atoms with E-state index in [0.717, 1.165) is 23.1 Å². The van der Waals surface area contributed by atoms with Gasteiger partial charge in [-0.25, -0.2) is 4.98 Å². The Morgan fingerprint density at radius 1 is 1.27 bits per heavy atom. The number of carbonyl (C=O) groups excluding carboxylic acids is 2. The number of nitrogens with one attached hydrogen (secondary N) is 1. The van der Waals surface area contributed by atoms with Crippen molar-refractivity contribution in [1.29, 1.82) is 0 Å². The number of amides is 1. The Labute approximate surface area is 157 Å². The van der Waals surface area contributed by atoms with E-state index in [-0.39, 0.29) is 17.6 Å². The number of para-hydroxylation sites is 1. The molecule has 140 valence electrons. The van der Waals surface area contributed by atoms with E-state index in [1.54, 1.807) is 0 Å². The molecule has 1 aromatic heterocycles. The maximum Gasteiger partial charge on any atom is 0.223 e. The van der Waals surface area contributed by atoms with Gasteiger partial charge in [0.15, 0.2) is 5.01 Å². The second-order valence-corrected chi connectivity index (χ2v) is 7.61. The number of unbranched alkanes of at least 4 members (excludes halogenated alkanes) is 1. The number of fused-ring (bicyclic) bond motifs is 1. The highest BCUT2D eigenvalue weighted by Crippen LogP contribution is 2.24. The number of ketones is 1. The first kappa shape index (κ1) is 18.9. The number of nitrogens with zero attached hydrogens (tertiary/aromatic N) is 1. The van der Waals surface area contributed by atoms with E-state index in [4.69, 9.17) is 10.5 Å². The Bertz CT molecular complexity index is 722. The smallest absolute Gasteiger partial charge is 0.223 e. The van der Waals surface area contributed by atoms with E-state index in [2.05, 4.69) is 10.3 Å². The molecule has 2 heterocycles. The van der Waals surface area contributed by atoms with Crippen LogP contribution in [0.25, 0.3) is 10.2 Å². The number of Topliss-reactive ketones (excluding diaryl/α,β-unsaturated/α-hetero) is 1. The van der Waals surface area contributed by atoms with Crippen molar-refractivity contribution < 1.29 is 14.3 Å². The van der Waals surface area contributed by atoms with Crippen molar-refractivity contribution in [2.45, 2.75) is 38.1 Å². The van der Waals surface area contributed by atoms with Crippen molar-refractivity contribution in [1.82, 2.24) is 10.3 Å². The zero-order chi connectivity index (χ0) is 18.4. The van der Waals surface area contributed by atoms with Crippen LogP contribution in [0.3, 0.4) is 0 Å². The molecule has 7 heteroatoms. The molecule has 0 bridgehead atoms. The monoisotopic (exact) mass is 375 g/mol. The van der Waals surface area contributed by atoms with Gasteiger partial charge in [0.1, 0.15) is 0 Å². The first-order valence-corrected chi connectivity index (χ1v) is 9.98. The average Bonchev–Trinajstić information content (AvgIpc) is 3.11. The number of benzene rings is 1. The minimum absolute atomic E-state index is 0.0551. The number of nitrogens with two attached hydrogens (primary N) is 1. The summed E-state index contributed by atoms with van der Waals surface area (Å²) in [6, 6.07) is 7.14. The Morgan fingerprint density at radius 2 is 2.04 bits per heavy atom. The Morgan fingerprint density at radius 3 is 2.77 bits per heavy atom. The van der Waals surface area contributed by atoms with Crippen LogP contribution in [-0.2, 0) is 9.53 Å². The van der Waals surface area contributed by atoms with Gasteiger partial charge in [0.25, 0.3) is 0 Å². The van der Waals surface area contributed by atoms with E-state index in [1.165, 1.54) is 11.3 Å². The molecule has 1 aromatic carbocycles. The van der Waals surface area contributed by atoms with E-state index in [1.807, 2.05) is 24.3 Å². The number of aromatic nitrogens is 1. The summed E-state index contributed by atoms with van der Waals surface area (Å²) in [6.07, 6.45) is 3.62. The molecule has 26 heavy (non-hydrogen) atoms. The fourth-order valence-electron chi connectivity index (χ4n) is 3.14. The van der Waals surface area contributed by atoms with Crippen LogP contribution in [0, 0.1) is 5.92 Å². The molecule has 2 aromatic rings. The summed E-state index contributed by atoms with van der Waals surface area (Å²) < 4.78 is 6.29. The highest BCUT2D eigenvalue weighted by atomic mass is 32.1. The van der Waals surface area contributed by atoms with Crippen molar-refractivity contribution >= 4 is 33.2 Å². The van der Waals surface area contributed by atoms with Crippen LogP contribution in [0.1, 0.15) is 41.9 Å². The van der Waals surface area contributed by atoms with Gasteiger partial charge in [-0.1, -0.05) is 12.1 Å². The predicted molar refractivity (Wildman–Crippen MR) is 102 cm³/mol. The van der Waals surface area contributed by atoms with Gasteiger partial charge in [-0.2, -0.15) is 0 Å². The van der Waals surface area contributed by atoms with Gasteiger partial charge in [-0.15, -0.1) is 11.3 Å².